The molecular weight excluding hydrogens is 333 g/mol. The second-order valence-electron chi connectivity index (χ2n) is 5.90. The molecule has 0 unspecified atom stereocenters. The van der Waals surface area contributed by atoms with Crippen LogP contribution in [0.1, 0.15) is 33.3 Å². The van der Waals surface area contributed by atoms with E-state index in [9.17, 15) is 22.8 Å². The average molecular weight is 351 g/mol. The first-order chi connectivity index (χ1) is 10.4. The van der Waals surface area contributed by atoms with Crippen molar-refractivity contribution >= 4 is 29.1 Å². The van der Waals surface area contributed by atoms with Crippen LogP contribution in [-0.2, 0) is 15.8 Å². The predicted octanol–water partition coefficient (Wildman–Crippen LogP) is 3.85. The Labute approximate surface area is 137 Å². The second kappa shape index (κ2) is 6.78. The topological polar surface area (TPSA) is 58.2 Å². The van der Waals surface area contributed by atoms with Crippen LogP contribution in [0.3, 0.4) is 0 Å². The van der Waals surface area contributed by atoms with Crippen molar-refractivity contribution < 1.29 is 22.8 Å². The Hall–Kier alpha value is -1.76. The molecule has 1 aromatic carbocycles. The van der Waals surface area contributed by atoms with Crippen molar-refractivity contribution in [2.24, 2.45) is 5.41 Å². The highest BCUT2D eigenvalue weighted by Crippen LogP contribution is 2.36. The van der Waals surface area contributed by atoms with Gasteiger partial charge in [0.05, 0.1) is 10.6 Å². The summed E-state index contributed by atoms with van der Waals surface area (Å²) in [4.78, 5) is 24.2. The molecule has 0 aromatic heterocycles. The van der Waals surface area contributed by atoms with Crippen LogP contribution in [0.5, 0.6) is 0 Å². The zero-order chi connectivity index (χ0) is 18.0. The second-order valence-corrected chi connectivity index (χ2v) is 6.31. The molecule has 23 heavy (non-hydrogen) atoms. The maximum absolute atomic E-state index is 12.8. The molecule has 0 aliphatic carbocycles. The van der Waals surface area contributed by atoms with E-state index in [2.05, 4.69) is 10.6 Å². The summed E-state index contributed by atoms with van der Waals surface area (Å²) >= 11 is 5.52. The zero-order valence-corrected chi connectivity index (χ0v) is 13.9. The third-order valence-electron chi connectivity index (χ3n) is 3.08. The van der Waals surface area contributed by atoms with Crippen molar-refractivity contribution in [2.75, 3.05) is 5.32 Å². The fourth-order valence-electron chi connectivity index (χ4n) is 1.65. The van der Waals surface area contributed by atoms with Crippen molar-refractivity contribution in [1.82, 2.24) is 5.32 Å². The number of carbonyl (C=O) groups excluding carboxylic acids is 2. The molecule has 8 heteroatoms. The summed E-state index contributed by atoms with van der Waals surface area (Å²) in [6, 6.07) is 2.85. The van der Waals surface area contributed by atoms with E-state index in [1.54, 1.807) is 13.8 Å². The van der Waals surface area contributed by atoms with Crippen molar-refractivity contribution in [2.45, 2.75) is 39.9 Å². The number of benzene rings is 1. The Morgan fingerprint density at radius 3 is 2.17 bits per heavy atom. The molecule has 0 spiro atoms. The Balaban J connectivity index is 2.99. The molecule has 128 valence electrons. The van der Waals surface area contributed by atoms with Gasteiger partial charge in [0.15, 0.2) is 0 Å². The van der Waals surface area contributed by atoms with E-state index >= 15 is 0 Å². The Morgan fingerprint density at radius 1 is 1.13 bits per heavy atom. The molecule has 0 heterocycles. The summed E-state index contributed by atoms with van der Waals surface area (Å²) < 4.78 is 38.4. The number of hydrogen-bond donors (Lipinski definition) is 2. The van der Waals surface area contributed by atoms with Gasteiger partial charge in [-0.05, 0) is 45.9 Å². The van der Waals surface area contributed by atoms with Crippen LogP contribution in [-0.4, -0.2) is 17.9 Å². The normalized spacial score (nSPS) is 12.2. The van der Waals surface area contributed by atoms with Gasteiger partial charge in [-0.25, -0.2) is 0 Å². The molecule has 0 bridgehead atoms. The predicted molar refractivity (Wildman–Crippen MR) is 82.1 cm³/mol. The maximum atomic E-state index is 12.8. The minimum Gasteiger partial charge on any atom is -0.353 e. The van der Waals surface area contributed by atoms with E-state index in [-0.39, 0.29) is 11.7 Å². The van der Waals surface area contributed by atoms with Crippen LogP contribution < -0.4 is 10.6 Å². The van der Waals surface area contributed by atoms with Gasteiger partial charge in [0, 0.05) is 11.7 Å². The molecule has 2 N–H and O–H groups in total. The number of hydrogen-bond acceptors (Lipinski definition) is 2. The van der Waals surface area contributed by atoms with Crippen molar-refractivity contribution in [3.63, 3.8) is 0 Å². The smallest absolute Gasteiger partial charge is 0.353 e. The summed E-state index contributed by atoms with van der Waals surface area (Å²) in [7, 11) is 0. The molecule has 0 aliphatic heterocycles. The lowest BCUT2D eigenvalue weighted by molar-refractivity contribution is -0.139. The fourth-order valence-corrected chi connectivity index (χ4v) is 1.88. The van der Waals surface area contributed by atoms with Gasteiger partial charge in [-0.3, -0.25) is 9.59 Å². The molecule has 0 atom stereocenters. The number of carbonyl (C=O) groups is 2. The lowest BCUT2D eigenvalue weighted by atomic mass is 9.90. The number of alkyl halides is 3. The Kier molecular flexibility index (Phi) is 5.69. The number of rotatable bonds is 4. The van der Waals surface area contributed by atoms with Crippen LogP contribution >= 0.6 is 11.6 Å². The lowest BCUT2D eigenvalue weighted by Crippen LogP contribution is -2.47. The van der Waals surface area contributed by atoms with E-state index in [4.69, 9.17) is 11.6 Å². The van der Waals surface area contributed by atoms with Crippen LogP contribution in [0.4, 0.5) is 18.9 Å². The first-order valence-electron chi connectivity index (χ1n) is 6.85. The molecule has 0 radical (unpaired) electrons. The zero-order valence-electron chi connectivity index (χ0n) is 13.1. The van der Waals surface area contributed by atoms with E-state index in [0.717, 1.165) is 12.1 Å². The molecule has 2 amide bonds. The van der Waals surface area contributed by atoms with E-state index in [1.807, 2.05) is 0 Å². The third kappa shape index (κ3) is 4.86. The molecule has 0 fully saturated rings. The third-order valence-corrected chi connectivity index (χ3v) is 3.41. The van der Waals surface area contributed by atoms with Gasteiger partial charge in [0.1, 0.15) is 5.41 Å². The Morgan fingerprint density at radius 2 is 1.70 bits per heavy atom. The van der Waals surface area contributed by atoms with Crippen LogP contribution in [0.25, 0.3) is 0 Å². The van der Waals surface area contributed by atoms with Gasteiger partial charge in [0.25, 0.3) is 0 Å². The monoisotopic (exact) mass is 350 g/mol. The van der Waals surface area contributed by atoms with E-state index in [0.29, 0.717) is 0 Å². The molecule has 0 saturated heterocycles. The summed E-state index contributed by atoms with van der Waals surface area (Å²) in [6.45, 7) is 6.25. The SMILES string of the molecule is CC(C)NC(=O)C(C)(C)C(=O)Nc1ccc(Cl)c(C(F)(F)F)c1. The summed E-state index contributed by atoms with van der Waals surface area (Å²) in [5.74, 6) is -1.24. The minimum atomic E-state index is -4.64. The number of anilines is 1. The standard InChI is InChI=1S/C15H18ClF3N2O2/c1-8(2)20-12(22)14(3,4)13(23)21-9-5-6-11(16)10(7-9)15(17,18)19/h5-8H,1-4H3,(H,20,22)(H,21,23). The van der Waals surface area contributed by atoms with Crippen molar-refractivity contribution in [3.05, 3.63) is 28.8 Å². The number of amides is 2. The van der Waals surface area contributed by atoms with Crippen LogP contribution in [0.15, 0.2) is 18.2 Å². The fraction of sp³-hybridized carbons (Fsp3) is 0.467. The molecule has 1 rings (SSSR count). The molecule has 1 aromatic rings. The van der Waals surface area contributed by atoms with Gasteiger partial charge in [0.2, 0.25) is 11.8 Å². The van der Waals surface area contributed by atoms with Gasteiger partial charge in [-0.1, -0.05) is 11.6 Å². The highest BCUT2D eigenvalue weighted by atomic mass is 35.5. The molecule has 0 saturated carbocycles. The minimum absolute atomic E-state index is 0.0860. The van der Waals surface area contributed by atoms with Crippen LogP contribution in [0, 0.1) is 5.41 Å². The lowest BCUT2D eigenvalue weighted by Gasteiger charge is -2.24. The first-order valence-corrected chi connectivity index (χ1v) is 7.22. The number of halogens is 4. The van der Waals surface area contributed by atoms with E-state index in [1.165, 1.54) is 19.9 Å². The van der Waals surface area contributed by atoms with Crippen molar-refractivity contribution in [1.29, 1.82) is 0 Å². The molecule has 4 nitrogen and oxygen atoms in total. The van der Waals surface area contributed by atoms with Gasteiger partial charge in [-0.15, -0.1) is 0 Å². The highest BCUT2D eigenvalue weighted by Gasteiger charge is 2.37. The van der Waals surface area contributed by atoms with Gasteiger partial charge >= 0.3 is 6.18 Å². The van der Waals surface area contributed by atoms with Gasteiger partial charge < -0.3 is 10.6 Å². The molecular formula is C15H18ClF3N2O2. The Bertz CT molecular complexity index is 613. The van der Waals surface area contributed by atoms with Crippen LogP contribution in [0.2, 0.25) is 5.02 Å². The average Bonchev–Trinajstić information content (AvgIpc) is 2.38. The van der Waals surface area contributed by atoms with Gasteiger partial charge in [-0.2, -0.15) is 13.2 Å². The largest absolute Gasteiger partial charge is 0.417 e. The maximum Gasteiger partial charge on any atom is 0.417 e. The summed E-state index contributed by atoms with van der Waals surface area (Å²) in [6.07, 6.45) is -4.64. The number of nitrogens with one attached hydrogen (secondary N) is 2. The summed E-state index contributed by atoms with van der Waals surface area (Å²) in [5.41, 5.74) is -2.58. The van der Waals surface area contributed by atoms with Crippen molar-refractivity contribution in [3.8, 4) is 0 Å². The summed E-state index contributed by atoms with van der Waals surface area (Å²) in [5, 5.41) is 4.45. The highest BCUT2D eigenvalue weighted by molar-refractivity contribution is 6.31. The first kappa shape index (κ1) is 19.3. The van der Waals surface area contributed by atoms with E-state index < -0.39 is 34.0 Å². The quantitative estimate of drug-likeness (QED) is 0.810. The molecule has 0 aliphatic rings.